The normalized spacial score (nSPS) is 17.4. The third-order valence-corrected chi connectivity index (χ3v) is 5.49. The molecule has 0 aliphatic carbocycles. The summed E-state index contributed by atoms with van der Waals surface area (Å²) in [6, 6.07) is 8.29. The summed E-state index contributed by atoms with van der Waals surface area (Å²) in [4.78, 5) is 28.9. The molecule has 1 aromatic carbocycles. The van der Waals surface area contributed by atoms with Gasteiger partial charge >= 0.3 is 0 Å². The van der Waals surface area contributed by atoms with Crippen LogP contribution >= 0.6 is 11.6 Å². The molecule has 2 rings (SSSR count). The Balaban J connectivity index is 2.11. The van der Waals surface area contributed by atoms with Crippen LogP contribution in [0.2, 0.25) is 0 Å². The molecule has 0 saturated carbocycles. The lowest BCUT2D eigenvalue weighted by Gasteiger charge is -2.37. The van der Waals surface area contributed by atoms with Crippen molar-refractivity contribution in [2.24, 2.45) is 5.41 Å². The van der Waals surface area contributed by atoms with E-state index in [9.17, 15) is 9.59 Å². The number of hydrogen-bond donors (Lipinski definition) is 0. The molecule has 1 aliphatic heterocycles. The van der Waals surface area contributed by atoms with Gasteiger partial charge in [0.15, 0.2) is 0 Å². The Morgan fingerprint density at radius 1 is 1.33 bits per heavy atom. The van der Waals surface area contributed by atoms with Crippen LogP contribution in [0.25, 0.3) is 0 Å². The van der Waals surface area contributed by atoms with Crippen molar-refractivity contribution in [3.05, 3.63) is 35.4 Å². The lowest BCUT2D eigenvalue weighted by atomic mass is 9.93. The van der Waals surface area contributed by atoms with Crippen LogP contribution in [0.4, 0.5) is 0 Å². The maximum absolute atomic E-state index is 12.8. The van der Waals surface area contributed by atoms with Crippen LogP contribution in [-0.4, -0.2) is 47.1 Å². The smallest absolute Gasteiger partial charge is 0.242 e. The highest BCUT2D eigenvalue weighted by molar-refractivity contribution is 6.19. The van der Waals surface area contributed by atoms with Crippen molar-refractivity contribution >= 4 is 23.4 Å². The van der Waals surface area contributed by atoms with Crippen LogP contribution in [0.5, 0.6) is 0 Å². The summed E-state index contributed by atoms with van der Waals surface area (Å²) in [7, 11) is 0. The van der Waals surface area contributed by atoms with E-state index in [-0.39, 0.29) is 30.3 Å². The van der Waals surface area contributed by atoms with Gasteiger partial charge in [0, 0.05) is 19.0 Å². The summed E-state index contributed by atoms with van der Waals surface area (Å²) in [5, 5.41) is 0. The summed E-state index contributed by atoms with van der Waals surface area (Å²) in [5.41, 5.74) is 1.85. The third kappa shape index (κ3) is 3.75. The van der Waals surface area contributed by atoms with Gasteiger partial charge in [-0.05, 0) is 45.2 Å². The monoisotopic (exact) mass is 350 g/mol. The van der Waals surface area contributed by atoms with E-state index in [1.54, 1.807) is 4.90 Å². The molecule has 1 heterocycles. The van der Waals surface area contributed by atoms with Gasteiger partial charge in [-0.25, -0.2) is 0 Å². The molecular weight excluding hydrogens is 324 g/mol. The van der Waals surface area contributed by atoms with Gasteiger partial charge in [0.25, 0.3) is 0 Å². The second-order valence-electron chi connectivity index (χ2n) is 7.05. The van der Waals surface area contributed by atoms with Crippen LogP contribution in [0.1, 0.15) is 44.9 Å². The number of fused-ring (bicyclic) bond motifs is 1. The van der Waals surface area contributed by atoms with Crippen LogP contribution in [0, 0.1) is 5.41 Å². The summed E-state index contributed by atoms with van der Waals surface area (Å²) in [5.74, 6) is 0.167. The highest BCUT2D eigenvalue weighted by Gasteiger charge is 2.34. The van der Waals surface area contributed by atoms with Crippen molar-refractivity contribution in [3.63, 3.8) is 0 Å². The van der Waals surface area contributed by atoms with E-state index in [4.69, 9.17) is 11.6 Å². The Labute approximate surface area is 149 Å². The zero-order chi connectivity index (χ0) is 17.9. The van der Waals surface area contributed by atoms with E-state index in [1.165, 1.54) is 11.1 Å². The van der Waals surface area contributed by atoms with Crippen molar-refractivity contribution in [2.45, 2.75) is 40.2 Å². The van der Waals surface area contributed by atoms with E-state index in [1.807, 2.05) is 37.8 Å². The average Bonchev–Trinajstić information content (AvgIpc) is 2.59. The number of halogens is 1. The van der Waals surface area contributed by atoms with E-state index < -0.39 is 5.41 Å². The number of carbonyl (C=O) groups is 2. The molecule has 1 aromatic rings. The largest absolute Gasteiger partial charge is 0.334 e. The van der Waals surface area contributed by atoms with Crippen molar-refractivity contribution < 1.29 is 9.59 Å². The molecule has 0 spiro atoms. The van der Waals surface area contributed by atoms with E-state index in [2.05, 4.69) is 19.1 Å². The summed E-state index contributed by atoms with van der Waals surface area (Å²) >= 11 is 5.91. The molecule has 4 nitrogen and oxygen atoms in total. The predicted molar refractivity (Wildman–Crippen MR) is 97.0 cm³/mol. The van der Waals surface area contributed by atoms with Crippen molar-refractivity contribution in [2.75, 3.05) is 25.5 Å². The summed E-state index contributed by atoms with van der Waals surface area (Å²) in [6.45, 7) is 8.89. The van der Waals surface area contributed by atoms with E-state index >= 15 is 0 Å². The molecule has 1 unspecified atom stereocenters. The second-order valence-corrected chi connectivity index (χ2v) is 7.32. The van der Waals surface area contributed by atoms with Gasteiger partial charge in [-0.1, -0.05) is 24.3 Å². The standard InChI is InChI=1S/C19H27ClN2O2/c1-5-21(18(24)19(3,4)13-20)12-17(23)22-11-10-15-8-6-7-9-16(15)14(22)2/h6-9,14H,5,10-13H2,1-4H3. The SMILES string of the molecule is CCN(CC(=O)N1CCc2ccccc2C1C)C(=O)C(C)(C)CCl. The minimum atomic E-state index is -0.655. The number of hydrogen-bond acceptors (Lipinski definition) is 2. The fourth-order valence-electron chi connectivity index (χ4n) is 3.18. The van der Waals surface area contributed by atoms with Gasteiger partial charge in [-0.2, -0.15) is 0 Å². The molecule has 24 heavy (non-hydrogen) atoms. The van der Waals surface area contributed by atoms with Crippen LogP contribution in [0.15, 0.2) is 24.3 Å². The predicted octanol–water partition coefficient (Wildman–Crippen LogP) is 3.25. The molecule has 0 saturated heterocycles. The molecular formula is C19H27ClN2O2. The molecule has 1 atom stereocenters. The quantitative estimate of drug-likeness (QED) is 0.765. The van der Waals surface area contributed by atoms with E-state index in [0.29, 0.717) is 13.1 Å². The number of nitrogens with zero attached hydrogens (tertiary/aromatic N) is 2. The summed E-state index contributed by atoms with van der Waals surface area (Å²) in [6.07, 6.45) is 0.861. The summed E-state index contributed by atoms with van der Waals surface area (Å²) < 4.78 is 0. The minimum Gasteiger partial charge on any atom is -0.334 e. The first-order valence-electron chi connectivity index (χ1n) is 8.54. The Kier molecular flexibility index (Phi) is 5.92. The van der Waals surface area contributed by atoms with Gasteiger partial charge in [0.05, 0.1) is 18.0 Å². The van der Waals surface area contributed by atoms with Crippen molar-refractivity contribution in [3.8, 4) is 0 Å². The van der Waals surface area contributed by atoms with E-state index in [0.717, 1.165) is 6.42 Å². The number of rotatable bonds is 5. The molecule has 0 bridgehead atoms. The number of likely N-dealkylation sites (N-methyl/N-ethyl adjacent to an activating group) is 1. The number of amides is 2. The van der Waals surface area contributed by atoms with Gasteiger partial charge < -0.3 is 9.80 Å². The van der Waals surface area contributed by atoms with Gasteiger partial charge in [-0.3, -0.25) is 9.59 Å². The Morgan fingerprint density at radius 3 is 2.62 bits per heavy atom. The lowest BCUT2D eigenvalue weighted by Crippen LogP contribution is -2.49. The van der Waals surface area contributed by atoms with Crippen molar-refractivity contribution in [1.29, 1.82) is 0 Å². The fraction of sp³-hybridized carbons (Fsp3) is 0.579. The lowest BCUT2D eigenvalue weighted by molar-refractivity contribution is -0.146. The molecule has 1 aliphatic rings. The first-order valence-corrected chi connectivity index (χ1v) is 9.08. The maximum Gasteiger partial charge on any atom is 0.242 e. The van der Waals surface area contributed by atoms with Gasteiger partial charge in [-0.15, -0.1) is 11.6 Å². The molecule has 0 fully saturated rings. The third-order valence-electron chi connectivity index (χ3n) is 4.82. The Bertz CT molecular complexity index is 615. The Morgan fingerprint density at radius 2 is 2.00 bits per heavy atom. The molecule has 0 aromatic heterocycles. The Hall–Kier alpha value is -1.55. The molecule has 2 amide bonds. The molecule has 132 valence electrons. The number of benzene rings is 1. The molecule has 0 radical (unpaired) electrons. The second kappa shape index (κ2) is 7.56. The van der Waals surface area contributed by atoms with Gasteiger partial charge in [0.2, 0.25) is 11.8 Å². The van der Waals surface area contributed by atoms with Crippen LogP contribution in [-0.2, 0) is 16.0 Å². The fourth-order valence-corrected chi connectivity index (χ4v) is 3.29. The zero-order valence-corrected chi connectivity index (χ0v) is 15.8. The highest BCUT2D eigenvalue weighted by atomic mass is 35.5. The zero-order valence-electron chi connectivity index (χ0n) is 15.0. The average molecular weight is 351 g/mol. The maximum atomic E-state index is 12.8. The minimum absolute atomic E-state index is 0.00224. The number of carbonyl (C=O) groups excluding carboxylic acids is 2. The first-order chi connectivity index (χ1) is 11.3. The van der Waals surface area contributed by atoms with Crippen LogP contribution in [0.3, 0.4) is 0 Å². The van der Waals surface area contributed by atoms with Crippen molar-refractivity contribution in [1.82, 2.24) is 9.80 Å². The van der Waals surface area contributed by atoms with Crippen LogP contribution < -0.4 is 0 Å². The highest BCUT2D eigenvalue weighted by Crippen LogP contribution is 2.29. The topological polar surface area (TPSA) is 40.6 Å². The number of alkyl halides is 1. The first kappa shape index (κ1) is 18.8. The molecule has 0 N–H and O–H groups in total. The van der Waals surface area contributed by atoms with Gasteiger partial charge in [0.1, 0.15) is 0 Å². The molecule has 5 heteroatoms.